The zero-order valence-corrected chi connectivity index (χ0v) is 8.03. The highest BCUT2D eigenvalue weighted by Gasteiger charge is 1.95. The summed E-state index contributed by atoms with van der Waals surface area (Å²) in [4.78, 5) is 0. The van der Waals surface area contributed by atoms with Gasteiger partial charge in [-0.25, -0.2) is 0 Å². The number of nitrogens with zero attached hydrogens (tertiary/aromatic N) is 1. The molecule has 0 saturated heterocycles. The third-order valence-corrected chi connectivity index (χ3v) is 1.66. The lowest BCUT2D eigenvalue weighted by Gasteiger charge is -2.05. The number of nitrogens with one attached hydrogen (secondary N) is 1. The third kappa shape index (κ3) is 9.10. The summed E-state index contributed by atoms with van der Waals surface area (Å²) in [5, 5.41) is 23.1. The van der Waals surface area contributed by atoms with Gasteiger partial charge in [-0.05, 0) is 26.3 Å². The highest BCUT2D eigenvalue weighted by Crippen LogP contribution is 1.93. The Balaban J connectivity index is 3.09. The number of hydrogen-bond donors (Lipinski definition) is 4. The average molecular weight is 189 g/mol. The minimum atomic E-state index is -0.231. The van der Waals surface area contributed by atoms with Crippen molar-refractivity contribution in [3.8, 4) is 0 Å². The fraction of sp³-hybridized carbons (Fsp3) is 0.875. The molecule has 0 fully saturated rings. The molecule has 0 amide bonds. The van der Waals surface area contributed by atoms with Crippen LogP contribution in [0.25, 0.3) is 0 Å². The van der Waals surface area contributed by atoms with Crippen molar-refractivity contribution >= 4 is 5.84 Å². The van der Waals surface area contributed by atoms with Gasteiger partial charge in [0, 0.05) is 13.0 Å². The summed E-state index contributed by atoms with van der Waals surface area (Å²) in [6.07, 6.45) is 2.06. The van der Waals surface area contributed by atoms with Crippen molar-refractivity contribution in [2.45, 2.75) is 32.3 Å². The first kappa shape index (κ1) is 12.2. The van der Waals surface area contributed by atoms with Crippen molar-refractivity contribution in [1.82, 2.24) is 5.32 Å². The molecule has 0 rings (SSSR count). The SMILES string of the molecule is CC(O)CCCNCCC(N)=NO. The summed E-state index contributed by atoms with van der Waals surface area (Å²) >= 11 is 0. The van der Waals surface area contributed by atoms with E-state index in [-0.39, 0.29) is 11.9 Å². The van der Waals surface area contributed by atoms with Gasteiger partial charge in [0.15, 0.2) is 0 Å². The maximum atomic E-state index is 8.94. The molecule has 0 aliphatic heterocycles. The number of amidine groups is 1. The summed E-state index contributed by atoms with van der Waals surface area (Å²) in [5.74, 6) is 0.239. The van der Waals surface area contributed by atoms with E-state index in [9.17, 15) is 0 Å². The van der Waals surface area contributed by atoms with Gasteiger partial charge >= 0.3 is 0 Å². The maximum Gasteiger partial charge on any atom is 0.140 e. The molecular weight excluding hydrogens is 170 g/mol. The van der Waals surface area contributed by atoms with Crippen molar-refractivity contribution in [2.75, 3.05) is 13.1 Å². The minimum Gasteiger partial charge on any atom is -0.409 e. The lowest BCUT2D eigenvalue weighted by Crippen LogP contribution is -2.23. The molecule has 0 bridgehead atoms. The highest BCUT2D eigenvalue weighted by molar-refractivity contribution is 5.79. The predicted octanol–water partition coefficient (Wildman–Crippen LogP) is -0.126. The zero-order valence-electron chi connectivity index (χ0n) is 8.03. The van der Waals surface area contributed by atoms with Crippen LogP contribution in [0.5, 0.6) is 0 Å². The maximum absolute atomic E-state index is 8.94. The average Bonchev–Trinajstić information content (AvgIpc) is 2.10. The normalized spacial score (nSPS) is 14.5. The van der Waals surface area contributed by atoms with Gasteiger partial charge in [0.05, 0.1) is 6.10 Å². The number of rotatable bonds is 7. The summed E-state index contributed by atoms with van der Waals surface area (Å²) in [5.41, 5.74) is 5.26. The van der Waals surface area contributed by atoms with Gasteiger partial charge in [-0.2, -0.15) is 0 Å². The number of oxime groups is 1. The molecule has 0 aromatic rings. The summed E-state index contributed by atoms with van der Waals surface area (Å²) in [6, 6.07) is 0. The molecule has 78 valence electrons. The number of aliphatic hydroxyl groups is 1. The monoisotopic (exact) mass is 189 g/mol. The van der Waals surface area contributed by atoms with Crippen LogP contribution in [0.3, 0.4) is 0 Å². The molecule has 0 heterocycles. The number of aliphatic hydroxyl groups excluding tert-OH is 1. The van der Waals surface area contributed by atoms with Gasteiger partial charge < -0.3 is 21.4 Å². The van der Waals surface area contributed by atoms with Crippen LogP contribution in [0.2, 0.25) is 0 Å². The van der Waals surface area contributed by atoms with E-state index < -0.39 is 0 Å². The van der Waals surface area contributed by atoms with E-state index in [0.717, 1.165) is 19.4 Å². The van der Waals surface area contributed by atoms with Gasteiger partial charge in [0.1, 0.15) is 5.84 Å². The van der Waals surface area contributed by atoms with E-state index in [2.05, 4.69) is 10.5 Å². The van der Waals surface area contributed by atoms with E-state index in [4.69, 9.17) is 16.0 Å². The lowest BCUT2D eigenvalue weighted by atomic mass is 10.2. The van der Waals surface area contributed by atoms with Crippen molar-refractivity contribution in [3.05, 3.63) is 0 Å². The molecule has 0 aromatic carbocycles. The van der Waals surface area contributed by atoms with E-state index in [1.54, 1.807) is 6.92 Å². The van der Waals surface area contributed by atoms with E-state index in [1.807, 2.05) is 0 Å². The van der Waals surface area contributed by atoms with Crippen LogP contribution in [0.4, 0.5) is 0 Å². The first-order chi connectivity index (χ1) is 6.16. The largest absolute Gasteiger partial charge is 0.409 e. The Bertz CT molecular complexity index is 148. The van der Waals surface area contributed by atoms with Crippen LogP contribution in [0, 0.1) is 0 Å². The first-order valence-electron chi connectivity index (χ1n) is 4.52. The third-order valence-electron chi connectivity index (χ3n) is 1.66. The van der Waals surface area contributed by atoms with Crippen molar-refractivity contribution in [3.63, 3.8) is 0 Å². The highest BCUT2D eigenvalue weighted by atomic mass is 16.4. The Morgan fingerprint density at radius 1 is 1.54 bits per heavy atom. The van der Waals surface area contributed by atoms with Crippen molar-refractivity contribution in [1.29, 1.82) is 0 Å². The summed E-state index contributed by atoms with van der Waals surface area (Å²) in [7, 11) is 0. The van der Waals surface area contributed by atoms with Crippen LogP contribution in [0.15, 0.2) is 5.16 Å². The van der Waals surface area contributed by atoms with Crippen molar-refractivity contribution in [2.24, 2.45) is 10.9 Å². The van der Waals surface area contributed by atoms with Crippen LogP contribution in [0.1, 0.15) is 26.2 Å². The first-order valence-corrected chi connectivity index (χ1v) is 4.52. The van der Waals surface area contributed by atoms with Crippen LogP contribution in [-0.2, 0) is 0 Å². The van der Waals surface area contributed by atoms with Crippen LogP contribution in [-0.4, -0.2) is 35.3 Å². The minimum absolute atomic E-state index is 0.231. The Morgan fingerprint density at radius 2 is 2.23 bits per heavy atom. The van der Waals surface area contributed by atoms with E-state index in [1.165, 1.54) is 0 Å². The second-order valence-electron chi connectivity index (χ2n) is 3.08. The second-order valence-corrected chi connectivity index (χ2v) is 3.08. The standard InChI is InChI=1S/C8H19N3O2/c1-7(12)3-2-5-10-6-4-8(9)11-13/h7,10,12-13H,2-6H2,1H3,(H2,9,11). The lowest BCUT2D eigenvalue weighted by molar-refractivity contribution is 0.181. The summed E-state index contributed by atoms with van der Waals surface area (Å²) in [6.45, 7) is 3.33. The smallest absolute Gasteiger partial charge is 0.140 e. The number of hydrogen-bond acceptors (Lipinski definition) is 4. The molecule has 0 radical (unpaired) electrons. The number of nitrogens with two attached hydrogens (primary N) is 1. The Hall–Kier alpha value is -0.810. The quantitative estimate of drug-likeness (QED) is 0.148. The molecule has 0 aromatic heterocycles. The van der Waals surface area contributed by atoms with Gasteiger partial charge in [-0.1, -0.05) is 5.16 Å². The fourth-order valence-corrected chi connectivity index (χ4v) is 0.914. The Morgan fingerprint density at radius 3 is 2.77 bits per heavy atom. The molecule has 5 N–H and O–H groups in total. The molecule has 0 aliphatic carbocycles. The molecule has 0 spiro atoms. The van der Waals surface area contributed by atoms with E-state index >= 15 is 0 Å². The topological polar surface area (TPSA) is 90.9 Å². The van der Waals surface area contributed by atoms with Gasteiger partial charge in [-0.15, -0.1) is 0 Å². The van der Waals surface area contributed by atoms with Gasteiger partial charge in [-0.3, -0.25) is 0 Å². The summed E-state index contributed by atoms with van der Waals surface area (Å²) < 4.78 is 0. The van der Waals surface area contributed by atoms with Gasteiger partial charge in [0.2, 0.25) is 0 Å². The zero-order chi connectivity index (χ0) is 10.1. The molecular formula is C8H19N3O2. The molecule has 0 aliphatic rings. The Kier molecular flexibility index (Phi) is 7.33. The Labute approximate surface area is 78.6 Å². The molecule has 1 unspecified atom stereocenters. The molecule has 5 heteroatoms. The molecule has 1 atom stereocenters. The molecule has 13 heavy (non-hydrogen) atoms. The molecule has 0 saturated carbocycles. The second kappa shape index (κ2) is 7.82. The fourth-order valence-electron chi connectivity index (χ4n) is 0.914. The van der Waals surface area contributed by atoms with Crippen molar-refractivity contribution < 1.29 is 10.3 Å². The molecule has 5 nitrogen and oxygen atoms in total. The van der Waals surface area contributed by atoms with Gasteiger partial charge in [0.25, 0.3) is 0 Å². The van der Waals surface area contributed by atoms with Crippen LogP contribution < -0.4 is 11.1 Å². The van der Waals surface area contributed by atoms with Crippen LogP contribution >= 0.6 is 0 Å². The predicted molar refractivity (Wildman–Crippen MR) is 51.8 cm³/mol. The van der Waals surface area contributed by atoms with E-state index in [0.29, 0.717) is 13.0 Å².